The highest BCUT2D eigenvalue weighted by atomic mass is 35.5. The van der Waals surface area contributed by atoms with Crippen LogP contribution >= 0.6 is 19.2 Å². The zero-order chi connectivity index (χ0) is 42.5. The van der Waals surface area contributed by atoms with Gasteiger partial charge < -0.3 is 46.5 Å². The van der Waals surface area contributed by atoms with E-state index in [9.17, 15) is 51.5 Å². The molecule has 0 radical (unpaired) electrons. The summed E-state index contributed by atoms with van der Waals surface area (Å²) < 4.78 is 47.6. The summed E-state index contributed by atoms with van der Waals surface area (Å²) in [6.07, 6.45) is 1.58. The SMILES string of the molecule is CC(=O)N1CC[C@H]2CC[C@@H](C(=O)N[C@@H](CCC(N)=O)COc3cccc(CCCC(N)=O)c3Cl)N2S(=O)(=O)[C@@H](NC(=O)c2cc3cc(C(=O)P(=O)(O)O)ccc3[nH]2)C1. The molecule has 58 heavy (non-hydrogen) atoms. The quantitative estimate of drug-likeness (QED) is 0.100. The van der Waals surface area contributed by atoms with Crippen molar-refractivity contribution in [2.75, 3.05) is 19.7 Å². The van der Waals surface area contributed by atoms with Crippen LogP contribution in [0, 0.1) is 0 Å². The summed E-state index contributed by atoms with van der Waals surface area (Å²) >= 11 is 6.58. The lowest BCUT2D eigenvalue weighted by Gasteiger charge is -2.38. The van der Waals surface area contributed by atoms with Crippen molar-refractivity contribution < 1.29 is 56.3 Å². The highest BCUT2D eigenvalue weighted by molar-refractivity contribution is 7.89. The van der Waals surface area contributed by atoms with E-state index in [4.69, 9.17) is 27.8 Å². The van der Waals surface area contributed by atoms with E-state index in [1.54, 1.807) is 18.2 Å². The summed E-state index contributed by atoms with van der Waals surface area (Å²) in [5, 5.41) is 4.11. The molecule has 3 heterocycles. The first-order valence-electron chi connectivity index (χ1n) is 18.3. The largest absolute Gasteiger partial charge is 0.490 e. The van der Waals surface area contributed by atoms with Crippen LogP contribution in [0.4, 0.5) is 0 Å². The minimum absolute atomic E-state index is 0.0472. The number of nitrogens with two attached hydrogens (primary N) is 2. The number of aromatic nitrogens is 1. The van der Waals surface area contributed by atoms with E-state index in [-0.39, 0.29) is 79.1 Å². The number of aryl methyl sites for hydroxylation is 1. The Labute approximate surface area is 338 Å². The third-order valence-electron chi connectivity index (χ3n) is 10.1. The Morgan fingerprint density at radius 1 is 1.03 bits per heavy atom. The Balaban J connectivity index is 1.36. The molecule has 5 rings (SSSR count). The van der Waals surface area contributed by atoms with Crippen molar-refractivity contribution in [1.29, 1.82) is 0 Å². The van der Waals surface area contributed by atoms with E-state index >= 15 is 0 Å². The van der Waals surface area contributed by atoms with Crippen molar-refractivity contribution >= 4 is 75.2 Å². The number of hydrogen-bond acceptors (Lipinski definition) is 10. The van der Waals surface area contributed by atoms with Crippen LogP contribution < -0.4 is 26.8 Å². The van der Waals surface area contributed by atoms with E-state index in [2.05, 4.69) is 15.6 Å². The number of nitrogens with one attached hydrogen (secondary N) is 3. The lowest BCUT2D eigenvalue weighted by Crippen LogP contribution is -2.61. The van der Waals surface area contributed by atoms with Gasteiger partial charge >= 0.3 is 7.60 Å². The molecule has 314 valence electrons. The number of amides is 5. The number of halogens is 1. The van der Waals surface area contributed by atoms with Crippen LogP contribution in [-0.4, -0.2) is 111 Å². The minimum atomic E-state index is -5.09. The van der Waals surface area contributed by atoms with Gasteiger partial charge in [-0.1, -0.05) is 23.7 Å². The normalized spacial score (nSPS) is 20.0. The van der Waals surface area contributed by atoms with Gasteiger partial charge in [-0.05, 0) is 74.4 Å². The number of sulfonamides is 1. The fraction of sp³-hybridized carbons (Fsp3) is 0.444. The number of hydrogen-bond donors (Lipinski definition) is 7. The van der Waals surface area contributed by atoms with Crippen LogP contribution in [0.3, 0.4) is 0 Å². The molecule has 9 N–H and O–H groups in total. The molecular weight excluding hydrogens is 821 g/mol. The van der Waals surface area contributed by atoms with Gasteiger partial charge in [-0.15, -0.1) is 0 Å². The van der Waals surface area contributed by atoms with E-state index in [1.807, 2.05) is 0 Å². The van der Waals surface area contributed by atoms with Crippen LogP contribution in [0.2, 0.25) is 5.02 Å². The van der Waals surface area contributed by atoms with E-state index < -0.39 is 82.7 Å². The Hall–Kier alpha value is -4.85. The van der Waals surface area contributed by atoms with Crippen LogP contribution in [0.1, 0.15) is 78.3 Å². The molecule has 3 aromatic rings. The molecule has 5 amide bonds. The van der Waals surface area contributed by atoms with E-state index in [0.29, 0.717) is 23.9 Å². The molecule has 2 aliphatic heterocycles. The summed E-state index contributed by atoms with van der Waals surface area (Å²) in [5.41, 5.74) is 9.80. The molecule has 0 spiro atoms. The molecule has 2 fully saturated rings. The van der Waals surface area contributed by atoms with Crippen molar-refractivity contribution in [2.24, 2.45) is 11.5 Å². The molecule has 0 unspecified atom stereocenters. The summed E-state index contributed by atoms with van der Waals surface area (Å²) in [7, 11) is -9.67. The highest BCUT2D eigenvalue weighted by Gasteiger charge is 2.50. The van der Waals surface area contributed by atoms with Gasteiger partial charge in [0.25, 0.3) is 11.4 Å². The number of fused-ring (bicyclic) bond motifs is 2. The predicted octanol–water partition coefficient (Wildman–Crippen LogP) is 1.25. The topological polar surface area (TPSA) is 302 Å². The number of carbonyl (C=O) groups is 6. The predicted molar refractivity (Wildman–Crippen MR) is 210 cm³/mol. The summed E-state index contributed by atoms with van der Waals surface area (Å²) in [6, 6.07) is 7.27. The van der Waals surface area contributed by atoms with Gasteiger partial charge in [-0.25, -0.2) is 8.42 Å². The smallest absolute Gasteiger partial charge is 0.396 e. The number of primary amides is 2. The molecule has 0 bridgehead atoms. The number of nitrogens with zero attached hydrogens (tertiary/aromatic N) is 2. The average Bonchev–Trinajstić information content (AvgIpc) is 3.78. The highest BCUT2D eigenvalue weighted by Crippen LogP contribution is 2.39. The zero-order valence-corrected chi connectivity index (χ0v) is 33.9. The molecule has 0 aliphatic carbocycles. The van der Waals surface area contributed by atoms with Crippen molar-refractivity contribution in [3.63, 3.8) is 0 Å². The molecule has 1 aromatic heterocycles. The fourth-order valence-corrected chi connectivity index (χ4v) is 9.95. The van der Waals surface area contributed by atoms with Crippen LogP contribution in [0.5, 0.6) is 5.75 Å². The number of carbonyl (C=O) groups excluding carboxylic acids is 6. The van der Waals surface area contributed by atoms with E-state index in [0.717, 1.165) is 4.31 Å². The summed E-state index contributed by atoms with van der Waals surface area (Å²) in [5.74, 6) is -2.83. The van der Waals surface area contributed by atoms with Gasteiger partial charge in [-0.3, -0.25) is 33.3 Å². The Morgan fingerprint density at radius 3 is 2.43 bits per heavy atom. The number of ether oxygens (including phenoxy) is 1. The van der Waals surface area contributed by atoms with Gasteiger partial charge in [0.2, 0.25) is 33.7 Å². The first kappa shape index (κ1) is 44.3. The second-order valence-corrected chi connectivity index (χ2v) is 18.1. The maximum Gasteiger partial charge on any atom is 0.396 e. The van der Waals surface area contributed by atoms with Gasteiger partial charge in [0.15, 0.2) is 5.37 Å². The molecule has 0 saturated carbocycles. The lowest BCUT2D eigenvalue weighted by molar-refractivity contribution is -0.129. The molecule has 19 nitrogen and oxygen atoms in total. The molecule has 4 atom stereocenters. The van der Waals surface area contributed by atoms with Crippen molar-refractivity contribution in [2.45, 2.75) is 81.8 Å². The fourth-order valence-electron chi connectivity index (χ4n) is 7.10. The van der Waals surface area contributed by atoms with Gasteiger partial charge in [0, 0.05) is 48.8 Å². The van der Waals surface area contributed by atoms with Crippen LogP contribution in [0.25, 0.3) is 10.9 Å². The molecule has 2 saturated heterocycles. The lowest BCUT2D eigenvalue weighted by atomic mass is 10.1. The van der Waals surface area contributed by atoms with Gasteiger partial charge in [-0.2, -0.15) is 4.31 Å². The third kappa shape index (κ3) is 10.6. The monoisotopic (exact) mass is 865 g/mol. The maximum atomic E-state index is 14.5. The second-order valence-electron chi connectivity index (χ2n) is 14.2. The first-order chi connectivity index (χ1) is 27.3. The molecule has 2 aromatic carbocycles. The summed E-state index contributed by atoms with van der Waals surface area (Å²) in [6.45, 7) is 0.788. The van der Waals surface area contributed by atoms with Crippen molar-refractivity contribution in [3.05, 3.63) is 64.3 Å². The molecule has 2 aliphatic rings. The van der Waals surface area contributed by atoms with Crippen LogP contribution in [-0.2, 0) is 40.2 Å². The zero-order valence-electron chi connectivity index (χ0n) is 31.4. The van der Waals surface area contributed by atoms with Gasteiger partial charge in [0.05, 0.1) is 17.6 Å². The number of rotatable bonds is 16. The Kier molecular flexibility index (Phi) is 14.0. The first-order valence-corrected chi connectivity index (χ1v) is 21.8. The van der Waals surface area contributed by atoms with Gasteiger partial charge in [0.1, 0.15) is 24.1 Å². The molecule has 22 heteroatoms. The average molecular weight is 866 g/mol. The van der Waals surface area contributed by atoms with Crippen molar-refractivity contribution in [1.82, 2.24) is 24.8 Å². The minimum Gasteiger partial charge on any atom is -0.490 e. The number of H-pyrrole nitrogens is 1. The van der Waals surface area contributed by atoms with E-state index in [1.165, 1.54) is 36.1 Å². The second kappa shape index (κ2) is 18.4. The number of benzene rings is 2. The Bertz CT molecular complexity index is 2260. The maximum absolute atomic E-state index is 14.5. The summed E-state index contributed by atoms with van der Waals surface area (Å²) in [4.78, 5) is 98.1. The third-order valence-corrected chi connectivity index (χ3v) is 13.4. The molecular formula is C36H45ClN7O12PS. The standard InChI is InChI=1S/C36H45ClN7O12PS/c1-20(45)43-15-14-25-10-12-28(35(49)40-24(9-13-31(39)47)19-56-29-6-2-4-21(33(29)37)5-3-7-30(38)46)44(25)58(54,55)32(18-43)42-34(48)27-17-23-16-22(8-11-26(23)41-27)36(50)57(51,52)53/h2,4,6,8,11,16-17,24-25,28,32,41H,3,5,7,9-10,12-15,18-19H2,1H3,(H2,38,46)(H2,39,47)(H,40,49)(H,42,48)(H2,51,52,53)/t24-,25+,28-,32+/m0/s1. The number of aromatic amines is 1. The van der Waals surface area contributed by atoms with Crippen LogP contribution in [0.15, 0.2) is 42.5 Å². The Morgan fingerprint density at radius 2 is 1.76 bits per heavy atom. The van der Waals surface area contributed by atoms with Crippen molar-refractivity contribution in [3.8, 4) is 5.75 Å².